The fourth-order valence-corrected chi connectivity index (χ4v) is 6.89. The molecule has 0 radical (unpaired) electrons. The van der Waals surface area contributed by atoms with Crippen LogP contribution in [0.25, 0.3) is 11.1 Å². The third kappa shape index (κ3) is 6.71. The number of nitrogens with zero attached hydrogens (tertiary/aromatic N) is 3. The summed E-state index contributed by atoms with van der Waals surface area (Å²) in [4.78, 5) is 21.4. The second-order valence-electron chi connectivity index (χ2n) is 11.1. The lowest BCUT2D eigenvalue weighted by Gasteiger charge is -2.39. The van der Waals surface area contributed by atoms with Crippen molar-refractivity contribution in [2.45, 2.75) is 49.4 Å². The largest absolute Gasteiger partial charge is 0.480 e. The molecule has 3 heterocycles. The Labute approximate surface area is 257 Å². The molecule has 0 bridgehead atoms. The fraction of sp³-hybridized carbons (Fsp3) is 0.414. The van der Waals surface area contributed by atoms with E-state index in [1.165, 1.54) is 55.5 Å². The average Bonchev–Trinajstić information content (AvgIpc) is 3.39. The Morgan fingerprint density at radius 2 is 1.93 bits per heavy atom. The molecule has 2 aliphatic rings. The number of alkyl halides is 3. The molecule has 2 unspecified atom stereocenters. The van der Waals surface area contributed by atoms with Crippen molar-refractivity contribution in [3.63, 3.8) is 0 Å². The number of carboxylic acids is 1. The maximum atomic E-state index is 14.6. The number of piperidine rings is 1. The number of sulfone groups is 1. The van der Waals surface area contributed by atoms with Gasteiger partial charge in [-0.25, -0.2) is 8.42 Å². The van der Waals surface area contributed by atoms with Crippen LogP contribution in [0, 0.1) is 5.41 Å². The van der Waals surface area contributed by atoms with E-state index >= 15 is 0 Å². The Balaban J connectivity index is 1.44. The number of carbonyl (C=O) groups is 1. The third-order valence-electron chi connectivity index (χ3n) is 8.23. The standard InChI is InChI=1S/C29H31ClF3N5O5S/c1-2-44(41,42)19-5-3-4-17(12-19)21-13-18(30)6-7-20(21)25(29(31,32)33)43-24-14-23(36-27(34)37-24)38-10-8-28(9-11-38)15-22(26(39)40)35-16-28/h3-7,12-14,22,25,35H,2,8-11,15-16H2,1H3,(H,39,40)(H2,34,36,37). The monoisotopic (exact) mass is 653 g/mol. The summed E-state index contributed by atoms with van der Waals surface area (Å²) in [7, 11) is -3.63. The van der Waals surface area contributed by atoms with Crippen LogP contribution >= 0.6 is 11.6 Å². The van der Waals surface area contributed by atoms with Crippen LogP contribution in [0.1, 0.15) is 37.9 Å². The molecule has 1 aromatic heterocycles. The minimum Gasteiger partial charge on any atom is -0.480 e. The number of rotatable bonds is 8. The normalized spacial score (nSPS) is 19.2. The van der Waals surface area contributed by atoms with Gasteiger partial charge in [-0.1, -0.05) is 36.7 Å². The number of hydrogen-bond donors (Lipinski definition) is 3. The minimum atomic E-state index is -4.91. The molecule has 2 fully saturated rings. The van der Waals surface area contributed by atoms with Crippen LogP contribution in [0.15, 0.2) is 53.4 Å². The van der Waals surface area contributed by atoms with Crippen molar-refractivity contribution in [3.8, 4) is 17.0 Å². The second-order valence-corrected chi connectivity index (χ2v) is 13.8. The van der Waals surface area contributed by atoms with Crippen LogP contribution in [0.2, 0.25) is 5.02 Å². The summed E-state index contributed by atoms with van der Waals surface area (Å²) < 4.78 is 74.4. The highest BCUT2D eigenvalue weighted by Crippen LogP contribution is 2.43. The lowest BCUT2D eigenvalue weighted by Crippen LogP contribution is -2.41. The quantitative estimate of drug-likeness (QED) is 0.307. The molecule has 236 valence electrons. The average molecular weight is 654 g/mol. The molecule has 4 N–H and O–H groups in total. The maximum Gasteiger partial charge on any atom is 0.429 e. The van der Waals surface area contributed by atoms with Crippen LogP contribution in [0.3, 0.4) is 0 Å². The smallest absolute Gasteiger partial charge is 0.429 e. The van der Waals surface area contributed by atoms with Crippen LogP contribution in [0.5, 0.6) is 5.88 Å². The number of carboxylic acid groups (broad SMARTS) is 1. The number of nitrogens with one attached hydrogen (secondary N) is 1. The van der Waals surface area contributed by atoms with Gasteiger partial charge in [0.15, 0.2) is 9.84 Å². The van der Waals surface area contributed by atoms with Gasteiger partial charge < -0.3 is 25.8 Å². The summed E-state index contributed by atoms with van der Waals surface area (Å²) in [5, 5.41) is 12.5. The molecule has 15 heteroatoms. The van der Waals surface area contributed by atoms with Crippen molar-refractivity contribution < 1.29 is 36.2 Å². The Bertz CT molecular complexity index is 1670. The highest BCUT2D eigenvalue weighted by Gasteiger charge is 2.46. The molecule has 0 aliphatic carbocycles. The number of nitrogens with two attached hydrogens (primary N) is 1. The van der Waals surface area contributed by atoms with Crippen LogP contribution in [-0.2, 0) is 14.6 Å². The number of aliphatic carboxylic acids is 1. The van der Waals surface area contributed by atoms with E-state index in [4.69, 9.17) is 22.1 Å². The van der Waals surface area contributed by atoms with Crippen molar-refractivity contribution >= 4 is 39.2 Å². The maximum absolute atomic E-state index is 14.6. The van der Waals surface area contributed by atoms with Crippen molar-refractivity contribution in [3.05, 3.63) is 59.1 Å². The first-order chi connectivity index (χ1) is 20.7. The molecule has 2 atom stereocenters. The first kappa shape index (κ1) is 31.8. The summed E-state index contributed by atoms with van der Waals surface area (Å²) in [6.07, 6.45) is -5.60. The van der Waals surface area contributed by atoms with Gasteiger partial charge in [-0.3, -0.25) is 4.79 Å². The van der Waals surface area contributed by atoms with Gasteiger partial charge in [0.2, 0.25) is 17.9 Å². The van der Waals surface area contributed by atoms with Crippen molar-refractivity contribution in [1.82, 2.24) is 15.3 Å². The van der Waals surface area contributed by atoms with Crippen molar-refractivity contribution in [2.24, 2.45) is 5.41 Å². The van der Waals surface area contributed by atoms with Gasteiger partial charge in [0, 0.05) is 36.3 Å². The Morgan fingerprint density at radius 3 is 2.57 bits per heavy atom. The van der Waals surface area contributed by atoms with Crippen molar-refractivity contribution in [1.29, 1.82) is 0 Å². The Hall–Kier alpha value is -3.62. The predicted octanol–water partition coefficient (Wildman–Crippen LogP) is 4.89. The number of hydrogen-bond acceptors (Lipinski definition) is 9. The van der Waals surface area contributed by atoms with E-state index in [1.54, 1.807) is 0 Å². The fourth-order valence-electron chi connectivity index (χ4n) is 5.79. The van der Waals surface area contributed by atoms with Gasteiger partial charge in [0.05, 0.1) is 10.6 Å². The molecule has 0 saturated carbocycles. The van der Waals surface area contributed by atoms with E-state index in [0.717, 1.165) is 0 Å². The highest BCUT2D eigenvalue weighted by atomic mass is 35.5. The second kappa shape index (κ2) is 12.1. The van der Waals surface area contributed by atoms with E-state index in [9.17, 15) is 31.5 Å². The number of aromatic nitrogens is 2. The number of ether oxygens (including phenoxy) is 1. The lowest BCUT2D eigenvalue weighted by atomic mass is 9.76. The summed E-state index contributed by atoms with van der Waals surface area (Å²) >= 11 is 6.18. The summed E-state index contributed by atoms with van der Waals surface area (Å²) in [6, 6.07) is 10.1. The molecule has 2 aliphatic heterocycles. The van der Waals surface area contributed by atoms with Crippen LogP contribution in [-0.4, -0.2) is 67.1 Å². The highest BCUT2D eigenvalue weighted by molar-refractivity contribution is 7.91. The van der Waals surface area contributed by atoms with Crippen LogP contribution in [0.4, 0.5) is 24.9 Å². The lowest BCUT2D eigenvalue weighted by molar-refractivity contribution is -0.198. The topological polar surface area (TPSA) is 148 Å². The summed E-state index contributed by atoms with van der Waals surface area (Å²) in [5.74, 6) is -1.45. The van der Waals surface area contributed by atoms with Crippen molar-refractivity contribution in [2.75, 3.05) is 36.0 Å². The van der Waals surface area contributed by atoms with E-state index in [-0.39, 0.29) is 49.5 Å². The van der Waals surface area contributed by atoms with Crippen LogP contribution < -0.4 is 20.7 Å². The van der Waals surface area contributed by atoms with E-state index in [2.05, 4.69) is 15.3 Å². The van der Waals surface area contributed by atoms with Gasteiger partial charge in [-0.05, 0) is 60.1 Å². The molecule has 44 heavy (non-hydrogen) atoms. The van der Waals surface area contributed by atoms with Gasteiger partial charge >= 0.3 is 12.1 Å². The molecular formula is C29H31ClF3N5O5S. The summed E-state index contributed by atoms with van der Waals surface area (Å²) in [6.45, 7) is 3.03. The molecule has 0 amide bonds. The molecule has 10 nitrogen and oxygen atoms in total. The number of benzene rings is 2. The number of halogens is 4. The van der Waals surface area contributed by atoms with Gasteiger partial charge in [-0.2, -0.15) is 23.1 Å². The zero-order chi connectivity index (χ0) is 31.9. The van der Waals surface area contributed by atoms with E-state index in [0.29, 0.717) is 38.9 Å². The van der Waals surface area contributed by atoms with Gasteiger partial charge in [0.25, 0.3) is 0 Å². The molecule has 2 saturated heterocycles. The Morgan fingerprint density at radius 1 is 1.20 bits per heavy atom. The zero-order valence-corrected chi connectivity index (χ0v) is 25.2. The van der Waals surface area contributed by atoms with E-state index < -0.39 is 40.0 Å². The SMILES string of the molecule is CCS(=O)(=O)c1cccc(-c2cc(Cl)ccc2C(Oc2cc(N3CCC4(CC3)CNC(C(=O)O)C4)nc(N)n2)C(F)(F)F)c1. The molecule has 3 aromatic rings. The first-order valence-corrected chi connectivity index (χ1v) is 15.9. The number of anilines is 2. The van der Waals surface area contributed by atoms with Gasteiger partial charge in [0.1, 0.15) is 11.9 Å². The molecular weight excluding hydrogens is 623 g/mol. The van der Waals surface area contributed by atoms with E-state index in [1.807, 2.05) is 4.90 Å². The minimum absolute atomic E-state index is 0.0312. The number of nitrogen functional groups attached to an aromatic ring is 1. The predicted molar refractivity (Wildman–Crippen MR) is 158 cm³/mol. The first-order valence-electron chi connectivity index (χ1n) is 13.9. The van der Waals surface area contributed by atoms with Gasteiger partial charge in [-0.15, -0.1) is 0 Å². The third-order valence-corrected chi connectivity index (χ3v) is 10.2. The molecule has 1 spiro atoms. The molecule has 5 rings (SSSR count). The molecule has 2 aromatic carbocycles. The summed E-state index contributed by atoms with van der Waals surface area (Å²) in [5.41, 5.74) is 5.68. The Kier molecular flexibility index (Phi) is 8.71. The zero-order valence-electron chi connectivity index (χ0n) is 23.6.